The number of benzene rings is 1. The van der Waals surface area contributed by atoms with Gasteiger partial charge in [-0.2, -0.15) is 0 Å². The molecule has 0 aliphatic rings. The molecule has 0 aliphatic heterocycles. The molecular formula is C13H14ClNO. The van der Waals surface area contributed by atoms with Gasteiger partial charge >= 0.3 is 0 Å². The van der Waals surface area contributed by atoms with Crippen LogP contribution in [-0.4, -0.2) is 4.57 Å². The highest BCUT2D eigenvalue weighted by Crippen LogP contribution is 2.18. The predicted octanol–water partition coefficient (Wildman–Crippen LogP) is 3.31. The van der Waals surface area contributed by atoms with E-state index >= 15 is 0 Å². The zero-order valence-electron chi connectivity index (χ0n) is 9.40. The number of nitrogens with zero attached hydrogens (tertiary/aromatic N) is 1. The van der Waals surface area contributed by atoms with Gasteiger partial charge in [0, 0.05) is 17.6 Å². The summed E-state index contributed by atoms with van der Waals surface area (Å²) in [6.07, 6.45) is 0. The van der Waals surface area contributed by atoms with E-state index in [9.17, 15) is 4.79 Å². The minimum atomic E-state index is 0.0310. The van der Waals surface area contributed by atoms with Crippen molar-refractivity contribution in [1.29, 1.82) is 0 Å². The maximum Gasteiger partial charge on any atom is 0.251 e. The van der Waals surface area contributed by atoms with Crippen molar-refractivity contribution in [1.82, 2.24) is 4.57 Å². The van der Waals surface area contributed by atoms with Crippen molar-refractivity contribution in [3.05, 3.63) is 45.7 Å². The van der Waals surface area contributed by atoms with E-state index in [-0.39, 0.29) is 5.56 Å². The van der Waals surface area contributed by atoms with Crippen LogP contribution in [0.25, 0.3) is 10.9 Å². The minimum Gasteiger partial charge on any atom is -0.308 e. The van der Waals surface area contributed by atoms with Gasteiger partial charge in [0.1, 0.15) is 0 Å². The molecule has 0 saturated carbocycles. The van der Waals surface area contributed by atoms with E-state index < -0.39 is 0 Å². The number of halogens is 1. The van der Waals surface area contributed by atoms with Gasteiger partial charge in [0.05, 0.1) is 5.52 Å². The minimum absolute atomic E-state index is 0.0310. The van der Waals surface area contributed by atoms with Gasteiger partial charge in [0.15, 0.2) is 0 Å². The fraction of sp³-hybridized carbons (Fsp3) is 0.308. The zero-order chi connectivity index (χ0) is 11.7. The first-order valence-corrected chi connectivity index (χ1v) is 5.75. The third-order valence-corrected chi connectivity index (χ3v) is 2.74. The molecule has 0 atom stereocenters. The molecule has 0 fully saturated rings. The summed E-state index contributed by atoms with van der Waals surface area (Å²) in [4.78, 5) is 11.8. The molecular weight excluding hydrogens is 222 g/mol. The van der Waals surface area contributed by atoms with Gasteiger partial charge in [0.25, 0.3) is 5.56 Å². The molecule has 0 N–H and O–H groups in total. The highest BCUT2D eigenvalue weighted by Gasteiger charge is 2.05. The lowest BCUT2D eigenvalue weighted by molar-refractivity contribution is 0.524. The molecule has 0 spiro atoms. The lowest BCUT2D eigenvalue weighted by atomic mass is 10.1. The number of rotatable bonds is 2. The average molecular weight is 236 g/mol. The smallest absolute Gasteiger partial charge is 0.251 e. The Labute approximate surface area is 99.5 Å². The van der Waals surface area contributed by atoms with E-state index in [0.29, 0.717) is 10.9 Å². The normalized spacial score (nSPS) is 11.2. The molecule has 1 aromatic carbocycles. The van der Waals surface area contributed by atoms with Crippen molar-refractivity contribution in [3.8, 4) is 0 Å². The molecule has 1 heterocycles. The Balaban J connectivity index is 2.72. The van der Waals surface area contributed by atoms with Crippen molar-refractivity contribution in [2.45, 2.75) is 20.4 Å². The second-order valence-electron chi connectivity index (χ2n) is 4.38. The molecule has 0 unspecified atom stereocenters. The molecule has 2 rings (SSSR count). The van der Waals surface area contributed by atoms with Gasteiger partial charge in [-0.3, -0.25) is 4.79 Å². The average Bonchev–Trinajstić information content (AvgIpc) is 2.22. The Kier molecular flexibility index (Phi) is 3.01. The van der Waals surface area contributed by atoms with Gasteiger partial charge in [-0.1, -0.05) is 31.5 Å². The molecule has 0 amide bonds. The van der Waals surface area contributed by atoms with Crippen LogP contribution in [0.15, 0.2) is 35.1 Å². The number of hydrogen-bond donors (Lipinski definition) is 0. The zero-order valence-corrected chi connectivity index (χ0v) is 10.2. The first-order valence-electron chi connectivity index (χ1n) is 5.37. The Hall–Kier alpha value is -1.28. The first-order chi connectivity index (χ1) is 7.58. The Morgan fingerprint density at radius 1 is 1.25 bits per heavy atom. The van der Waals surface area contributed by atoms with Gasteiger partial charge in [-0.05, 0) is 29.5 Å². The van der Waals surface area contributed by atoms with E-state index in [4.69, 9.17) is 11.6 Å². The van der Waals surface area contributed by atoms with Crippen LogP contribution in [0.2, 0.25) is 5.02 Å². The van der Waals surface area contributed by atoms with Crippen molar-refractivity contribution < 1.29 is 0 Å². The second kappa shape index (κ2) is 4.30. The monoisotopic (exact) mass is 235 g/mol. The van der Waals surface area contributed by atoms with Crippen molar-refractivity contribution >= 4 is 22.5 Å². The molecule has 16 heavy (non-hydrogen) atoms. The maximum absolute atomic E-state index is 11.8. The van der Waals surface area contributed by atoms with Gasteiger partial charge in [0.2, 0.25) is 0 Å². The summed E-state index contributed by atoms with van der Waals surface area (Å²) in [5.74, 6) is 0.433. The molecule has 2 nitrogen and oxygen atoms in total. The molecule has 0 aliphatic carbocycles. The maximum atomic E-state index is 11.8. The molecule has 3 heteroatoms. The van der Waals surface area contributed by atoms with E-state index in [0.717, 1.165) is 17.4 Å². The summed E-state index contributed by atoms with van der Waals surface area (Å²) in [7, 11) is 0. The quantitative estimate of drug-likeness (QED) is 0.783. The summed E-state index contributed by atoms with van der Waals surface area (Å²) < 4.78 is 1.78. The predicted molar refractivity (Wildman–Crippen MR) is 68.1 cm³/mol. The highest BCUT2D eigenvalue weighted by molar-refractivity contribution is 6.31. The number of hydrogen-bond acceptors (Lipinski definition) is 1. The third kappa shape index (κ3) is 2.12. The van der Waals surface area contributed by atoms with Crippen molar-refractivity contribution in [2.24, 2.45) is 5.92 Å². The summed E-state index contributed by atoms with van der Waals surface area (Å²) in [5.41, 5.74) is 0.942. The molecule has 0 bridgehead atoms. The number of pyridine rings is 1. The number of aromatic nitrogens is 1. The summed E-state index contributed by atoms with van der Waals surface area (Å²) in [6, 6.07) is 9.08. The van der Waals surface area contributed by atoms with Gasteiger partial charge in [-0.15, -0.1) is 0 Å². The van der Waals surface area contributed by atoms with Gasteiger partial charge < -0.3 is 4.57 Å². The Bertz CT molecular complexity index is 572. The van der Waals surface area contributed by atoms with Crippen molar-refractivity contribution in [2.75, 3.05) is 0 Å². The van der Waals surface area contributed by atoms with E-state index in [1.165, 1.54) is 0 Å². The van der Waals surface area contributed by atoms with E-state index in [1.54, 1.807) is 10.6 Å². The van der Waals surface area contributed by atoms with Crippen LogP contribution in [0.1, 0.15) is 13.8 Å². The van der Waals surface area contributed by atoms with Crippen molar-refractivity contribution in [3.63, 3.8) is 0 Å². The first kappa shape index (κ1) is 11.2. The van der Waals surface area contributed by atoms with Crippen LogP contribution in [-0.2, 0) is 6.54 Å². The van der Waals surface area contributed by atoms with Gasteiger partial charge in [-0.25, -0.2) is 0 Å². The molecule has 84 valence electrons. The highest BCUT2D eigenvalue weighted by atomic mass is 35.5. The van der Waals surface area contributed by atoms with E-state index in [1.807, 2.05) is 24.3 Å². The van der Waals surface area contributed by atoms with E-state index in [2.05, 4.69) is 13.8 Å². The summed E-state index contributed by atoms with van der Waals surface area (Å²) >= 11 is 5.96. The lowest BCUT2D eigenvalue weighted by Crippen LogP contribution is -2.21. The summed E-state index contributed by atoms with van der Waals surface area (Å²) in [5, 5.41) is 1.71. The number of fused-ring (bicyclic) bond motifs is 1. The standard InChI is InChI=1S/C13H14ClNO/c1-9(2)8-15-12-7-11(14)5-3-10(12)4-6-13(15)16/h3-7,9H,8H2,1-2H3. The topological polar surface area (TPSA) is 22.0 Å². The summed E-state index contributed by atoms with van der Waals surface area (Å²) in [6.45, 7) is 4.90. The van der Waals surface area contributed by atoms with Crippen LogP contribution in [0, 0.1) is 5.92 Å². The van der Waals surface area contributed by atoms with Crippen LogP contribution in [0.5, 0.6) is 0 Å². The fourth-order valence-electron chi connectivity index (χ4n) is 1.81. The fourth-order valence-corrected chi connectivity index (χ4v) is 1.98. The third-order valence-electron chi connectivity index (χ3n) is 2.50. The molecule has 0 radical (unpaired) electrons. The Morgan fingerprint density at radius 2 is 1.94 bits per heavy atom. The van der Waals surface area contributed by atoms with Crippen LogP contribution in [0.4, 0.5) is 0 Å². The van der Waals surface area contributed by atoms with Crippen LogP contribution >= 0.6 is 11.6 Å². The Morgan fingerprint density at radius 3 is 2.62 bits per heavy atom. The lowest BCUT2D eigenvalue weighted by Gasteiger charge is -2.12. The largest absolute Gasteiger partial charge is 0.308 e. The SMILES string of the molecule is CC(C)Cn1c(=O)ccc2ccc(Cl)cc21. The molecule has 0 saturated heterocycles. The molecule has 1 aromatic heterocycles. The second-order valence-corrected chi connectivity index (χ2v) is 4.82. The molecule has 2 aromatic rings. The van der Waals surface area contributed by atoms with Crippen LogP contribution in [0.3, 0.4) is 0 Å². The van der Waals surface area contributed by atoms with Crippen LogP contribution < -0.4 is 5.56 Å².